The molecule has 2 aromatic carbocycles. The maximum atomic E-state index is 13.0. The Labute approximate surface area is 177 Å². The van der Waals surface area contributed by atoms with Gasteiger partial charge in [-0.1, -0.05) is 26.0 Å². The number of amides is 1. The van der Waals surface area contributed by atoms with Crippen molar-refractivity contribution in [2.75, 3.05) is 25.7 Å². The summed E-state index contributed by atoms with van der Waals surface area (Å²) in [7, 11) is 3.24. The minimum Gasteiger partial charge on any atom is -0.497 e. The van der Waals surface area contributed by atoms with Crippen LogP contribution in [0, 0.1) is 5.92 Å². The van der Waals surface area contributed by atoms with Gasteiger partial charge in [0.05, 0.1) is 30.9 Å². The highest BCUT2D eigenvalue weighted by molar-refractivity contribution is 5.98. The smallest absolute Gasteiger partial charge is 0.227 e. The number of methoxy groups -OCH3 is 2. The Morgan fingerprint density at radius 3 is 2.67 bits per heavy atom. The molecule has 1 aliphatic rings. The minimum absolute atomic E-state index is 0.0352. The van der Waals surface area contributed by atoms with Crippen LogP contribution in [-0.2, 0) is 11.3 Å². The highest BCUT2D eigenvalue weighted by Gasteiger charge is 2.36. The molecular weight excluding hydrogens is 378 g/mol. The Morgan fingerprint density at radius 2 is 1.93 bits per heavy atom. The molecule has 6 heteroatoms. The van der Waals surface area contributed by atoms with Crippen molar-refractivity contribution < 1.29 is 14.3 Å². The van der Waals surface area contributed by atoms with Crippen LogP contribution in [0.15, 0.2) is 42.5 Å². The largest absolute Gasteiger partial charge is 0.497 e. The van der Waals surface area contributed by atoms with Crippen LogP contribution in [0.3, 0.4) is 0 Å². The fraction of sp³-hybridized carbons (Fsp3) is 0.417. The molecule has 158 valence electrons. The normalized spacial score (nSPS) is 16.6. The molecule has 0 saturated carbocycles. The lowest BCUT2D eigenvalue weighted by atomic mass is 10.1. The van der Waals surface area contributed by atoms with E-state index in [0.717, 1.165) is 35.5 Å². The monoisotopic (exact) mass is 407 g/mol. The number of ether oxygens (including phenoxy) is 2. The SMILES string of the molecule is COc1ccc(OC)c(N2CC(c3nc4ccccc4n3CCC(C)C)CC2=O)c1. The number of anilines is 1. The fourth-order valence-corrected chi connectivity index (χ4v) is 4.15. The zero-order chi connectivity index (χ0) is 21.3. The molecule has 1 unspecified atom stereocenters. The van der Waals surface area contributed by atoms with Gasteiger partial charge in [0.15, 0.2) is 0 Å². The minimum atomic E-state index is 0.0352. The summed E-state index contributed by atoms with van der Waals surface area (Å²) in [6, 6.07) is 13.8. The van der Waals surface area contributed by atoms with Crippen LogP contribution in [0.4, 0.5) is 5.69 Å². The summed E-state index contributed by atoms with van der Waals surface area (Å²) < 4.78 is 13.2. The lowest BCUT2D eigenvalue weighted by Gasteiger charge is -2.20. The van der Waals surface area contributed by atoms with E-state index < -0.39 is 0 Å². The highest BCUT2D eigenvalue weighted by Crippen LogP contribution is 2.39. The molecule has 1 aromatic heterocycles. The summed E-state index contributed by atoms with van der Waals surface area (Å²) in [5.41, 5.74) is 2.87. The number of aromatic nitrogens is 2. The van der Waals surface area contributed by atoms with Crippen LogP contribution < -0.4 is 14.4 Å². The zero-order valence-electron chi connectivity index (χ0n) is 18.1. The van der Waals surface area contributed by atoms with E-state index in [0.29, 0.717) is 30.4 Å². The standard InChI is InChI=1S/C24H29N3O3/c1-16(2)11-12-26-20-8-6-5-7-19(20)25-24(26)17-13-23(28)27(15-17)21-14-18(29-3)9-10-22(21)30-4/h5-10,14,16-17H,11-13,15H2,1-4H3. The van der Waals surface area contributed by atoms with E-state index >= 15 is 0 Å². The Morgan fingerprint density at radius 1 is 1.13 bits per heavy atom. The number of hydrogen-bond donors (Lipinski definition) is 0. The molecule has 1 aliphatic heterocycles. The van der Waals surface area contributed by atoms with Gasteiger partial charge in [0.1, 0.15) is 17.3 Å². The van der Waals surface area contributed by atoms with Gasteiger partial charge in [-0.25, -0.2) is 4.98 Å². The van der Waals surface area contributed by atoms with Crippen molar-refractivity contribution in [1.29, 1.82) is 0 Å². The number of aryl methyl sites for hydroxylation is 1. The predicted molar refractivity (Wildman–Crippen MR) is 118 cm³/mol. The van der Waals surface area contributed by atoms with E-state index in [1.807, 2.05) is 36.4 Å². The van der Waals surface area contributed by atoms with Gasteiger partial charge in [0, 0.05) is 31.5 Å². The molecule has 1 amide bonds. The van der Waals surface area contributed by atoms with E-state index in [2.05, 4.69) is 24.5 Å². The molecule has 0 radical (unpaired) electrons. The Hall–Kier alpha value is -3.02. The molecule has 3 aromatic rings. The van der Waals surface area contributed by atoms with Crippen molar-refractivity contribution in [3.05, 3.63) is 48.3 Å². The van der Waals surface area contributed by atoms with Gasteiger partial charge in [-0.2, -0.15) is 0 Å². The van der Waals surface area contributed by atoms with Crippen molar-refractivity contribution in [2.45, 2.75) is 39.2 Å². The first-order chi connectivity index (χ1) is 14.5. The van der Waals surface area contributed by atoms with Gasteiger partial charge in [0.25, 0.3) is 0 Å². The Bertz CT molecular complexity index is 1060. The third-order valence-electron chi connectivity index (χ3n) is 5.78. The molecule has 30 heavy (non-hydrogen) atoms. The van der Waals surface area contributed by atoms with Crippen molar-refractivity contribution in [3.8, 4) is 11.5 Å². The second kappa shape index (κ2) is 8.38. The van der Waals surface area contributed by atoms with E-state index in [9.17, 15) is 4.79 Å². The summed E-state index contributed by atoms with van der Waals surface area (Å²) >= 11 is 0. The average molecular weight is 408 g/mol. The molecule has 1 fully saturated rings. The maximum Gasteiger partial charge on any atom is 0.227 e. The molecule has 1 saturated heterocycles. The molecule has 6 nitrogen and oxygen atoms in total. The second-order valence-corrected chi connectivity index (χ2v) is 8.24. The average Bonchev–Trinajstić information content (AvgIpc) is 3.32. The number of nitrogens with zero attached hydrogens (tertiary/aromatic N) is 3. The number of carbonyl (C=O) groups excluding carboxylic acids is 1. The first-order valence-electron chi connectivity index (χ1n) is 10.5. The topological polar surface area (TPSA) is 56.6 Å². The van der Waals surface area contributed by atoms with Crippen molar-refractivity contribution in [1.82, 2.24) is 9.55 Å². The van der Waals surface area contributed by atoms with Crippen LogP contribution in [0.25, 0.3) is 11.0 Å². The lowest BCUT2D eigenvalue weighted by molar-refractivity contribution is -0.117. The van der Waals surface area contributed by atoms with Gasteiger partial charge in [-0.05, 0) is 36.6 Å². The van der Waals surface area contributed by atoms with E-state index in [1.165, 1.54) is 0 Å². The molecule has 1 atom stereocenters. The van der Waals surface area contributed by atoms with E-state index in [1.54, 1.807) is 19.1 Å². The second-order valence-electron chi connectivity index (χ2n) is 8.24. The predicted octanol–water partition coefficient (Wildman–Crippen LogP) is 4.62. The third kappa shape index (κ3) is 3.74. The molecule has 0 bridgehead atoms. The third-order valence-corrected chi connectivity index (χ3v) is 5.78. The first kappa shape index (κ1) is 20.3. The number of carbonyl (C=O) groups is 1. The van der Waals surface area contributed by atoms with Crippen molar-refractivity contribution in [2.24, 2.45) is 5.92 Å². The lowest BCUT2D eigenvalue weighted by Crippen LogP contribution is -2.25. The fourth-order valence-electron chi connectivity index (χ4n) is 4.15. The van der Waals surface area contributed by atoms with Gasteiger partial charge >= 0.3 is 0 Å². The summed E-state index contributed by atoms with van der Waals surface area (Å²) in [4.78, 5) is 19.8. The molecule has 0 N–H and O–H groups in total. The summed E-state index contributed by atoms with van der Waals surface area (Å²) in [5, 5.41) is 0. The number of fused-ring (bicyclic) bond motifs is 1. The van der Waals surface area contributed by atoms with Gasteiger partial charge in [-0.3, -0.25) is 4.79 Å². The van der Waals surface area contributed by atoms with Crippen LogP contribution in [0.2, 0.25) is 0 Å². The van der Waals surface area contributed by atoms with E-state index in [4.69, 9.17) is 14.5 Å². The van der Waals surface area contributed by atoms with Crippen LogP contribution >= 0.6 is 0 Å². The molecule has 0 aliphatic carbocycles. The molecular formula is C24H29N3O3. The maximum absolute atomic E-state index is 13.0. The Balaban J connectivity index is 1.69. The zero-order valence-corrected chi connectivity index (χ0v) is 18.1. The number of imidazole rings is 1. The number of benzene rings is 2. The van der Waals surface area contributed by atoms with Crippen LogP contribution in [-0.4, -0.2) is 36.2 Å². The van der Waals surface area contributed by atoms with Crippen molar-refractivity contribution >= 4 is 22.6 Å². The summed E-state index contributed by atoms with van der Waals surface area (Å²) in [6.45, 7) is 5.94. The summed E-state index contributed by atoms with van der Waals surface area (Å²) in [5.74, 6) is 3.07. The van der Waals surface area contributed by atoms with Gasteiger partial charge in [-0.15, -0.1) is 0 Å². The van der Waals surface area contributed by atoms with Gasteiger partial charge < -0.3 is 18.9 Å². The number of rotatable bonds is 7. The number of para-hydroxylation sites is 2. The Kier molecular flexibility index (Phi) is 5.66. The van der Waals surface area contributed by atoms with Gasteiger partial charge in [0.2, 0.25) is 5.91 Å². The molecule has 0 spiro atoms. The molecule has 4 rings (SSSR count). The number of hydrogen-bond acceptors (Lipinski definition) is 4. The van der Waals surface area contributed by atoms with Crippen LogP contribution in [0.5, 0.6) is 11.5 Å². The summed E-state index contributed by atoms with van der Waals surface area (Å²) in [6.07, 6.45) is 1.51. The molecule has 2 heterocycles. The van der Waals surface area contributed by atoms with E-state index in [-0.39, 0.29) is 11.8 Å². The highest BCUT2D eigenvalue weighted by atomic mass is 16.5. The van der Waals surface area contributed by atoms with Crippen molar-refractivity contribution in [3.63, 3.8) is 0 Å². The quantitative estimate of drug-likeness (QED) is 0.573. The first-order valence-corrected chi connectivity index (χ1v) is 10.5. The van der Waals surface area contributed by atoms with Crippen LogP contribution in [0.1, 0.15) is 38.4 Å².